The lowest BCUT2D eigenvalue weighted by Crippen LogP contribution is -2.29. The van der Waals surface area contributed by atoms with Crippen molar-refractivity contribution < 1.29 is 36.4 Å². The number of carbonyl (C=O) groups is 1. The number of aryl methyl sites for hydroxylation is 2. The Morgan fingerprint density at radius 2 is 1.44 bits per heavy atom. The van der Waals surface area contributed by atoms with Crippen molar-refractivity contribution in [1.82, 2.24) is 15.5 Å². The lowest BCUT2D eigenvalue weighted by atomic mass is 9.92. The molecule has 5 aromatic rings. The molecule has 0 atom stereocenters. The van der Waals surface area contributed by atoms with Crippen LogP contribution in [0.4, 0.5) is 22.0 Å². The van der Waals surface area contributed by atoms with Crippen LogP contribution >= 0.6 is 11.6 Å². The molecule has 0 spiro atoms. The van der Waals surface area contributed by atoms with Crippen molar-refractivity contribution in [2.45, 2.75) is 33.6 Å². The number of amides is 1. The van der Waals surface area contributed by atoms with E-state index in [0.29, 0.717) is 44.2 Å². The molecule has 0 aliphatic heterocycles. The van der Waals surface area contributed by atoms with Gasteiger partial charge in [0.25, 0.3) is 5.91 Å². The number of rotatable bonds is 9. The molecule has 0 aliphatic carbocycles. The molecule has 14 heteroatoms. The maximum Gasteiger partial charge on any atom is 0.416 e. The smallest absolute Gasteiger partial charge is 0.398 e. The number of halogens is 6. The van der Waals surface area contributed by atoms with E-state index in [-0.39, 0.29) is 23.6 Å². The predicted molar refractivity (Wildman–Crippen MR) is 190 cm³/mol. The zero-order valence-electron chi connectivity index (χ0n) is 28.6. The molecule has 0 saturated carbocycles. The van der Waals surface area contributed by atoms with Gasteiger partial charge in [-0.1, -0.05) is 76.5 Å². The summed E-state index contributed by atoms with van der Waals surface area (Å²) in [4.78, 5) is 22.1. The Hall–Kier alpha value is -5.69. The normalized spacial score (nSPS) is 11.8. The highest BCUT2D eigenvalue weighted by molar-refractivity contribution is 6.45. The van der Waals surface area contributed by atoms with Crippen LogP contribution in [0, 0.1) is 25.5 Å². The molecular weight excluding hydrogens is 705 g/mol. The summed E-state index contributed by atoms with van der Waals surface area (Å²) in [5.74, 6) is -1.70. The minimum atomic E-state index is -4.44. The molecule has 1 amide bonds. The van der Waals surface area contributed by atoms with Gasteiger partial charge in [0.05, 0.1) is 28.2 Å². The van der Waals surface area contributed by atoms with Gasteiger partial charge >= 0.3 is 6.18 Å². The molecule has 0 radical (unpaired) electrons. The minimum absolute atomic E-state index is 0.0216. The molecule has 52 heavy (non-hydrogen) atoms. The molecule has 0 bridgehead atoms. The van der Waals surface area contributed by atoms with E-state index in [4.69, 9.17) is 21.3 Å². The number of hydrogen-bond donors (Lipinski definition) is 1. The summed E-state index contributed by atoms with van der Waals surface area (Å²) in [6.45, 7) is 4.97. The molecule has 0 saturated heterocycles. The largest absolute Gasteiger partial charge is 0.416 e. The first kappa shape index (κ1) is 39.1. The molecule has 0 fully saturated rings. The second-order valence-corrected chi connectivity index (χ2v) is 11.5. The summed E-state index contributed by atoms with van der Waals surface area (Å²) in [7, 11) is 2.79. The van der Waals surface area contributed by atoms with Crippen LogP contribution < -0.4 is 5.32 Å². The Morgan fingerprint density at radius 3 is 2.06 bits per heavy atom. The van der Waals surface area contributed by atoms with Crippen LogP contribution in [0.2, 0.25) is 5.02 Å². The summed E-state index contributed by atoms with van der Waals surface area (Å²) in [6, 6.07) is 22.6. The van der Waals surface area contributed by atoms with Crippen molar-refractivity contribution in [3.05, 3.63) is 141 Å². The molecule has 270 valence electrons. The second kappa shape index (κ2) is 17.5. The molecule has 4 aromatic carbocycles. The van der Waals surface area contributed by atoms with Crippen molar-refractivity contribution in [2.24, 2.45) is 10.3 Å². The summed E-state index contributed by atoms with van der Waals surface area (Å²) in [5.41, 5.74) is 3.77. The summed E-state index contributed by atoms with van der Waals surface area (Å²) in [6.07, 6.45) is -4.44. The highest BCUT2D eigenvalue weighted by Crippen LogP contribution is 2.38. The molecule has 1 aromatic heterocycles. The number of aromatic nitrogens is 2. The number of alkyl halides is 3. The zero-order valence-corrected chi connectivity index (χ0v) is 29.4. The summed E-state index contributed by atoms with van der Waals surface area (Å²) in [5, 5.41) is 18.9. The number of oxime groups is 2. The Labute approximate surface area is 301 Å². The maximum absolute atomic E-state index is 14.3. The molecule has 0 unspecified atom stereocenters. The minimum Gasteiger partial charge on any atom is -0.398 e. The third-order valence-corrected chi connectivity index (χ3v) is 7.85. The number of carbonyl (C=O) groups excluding carboxylic acids is 1. The van der Waals surface area contributed by atoms with Crippen molar-refractivity contribution >= 4 is 28.9 Å². The van der Waals surface area contributed by atoms with Crippen LogP contribution in [0.25, 0.3) is 22.3 Å². The van der Waals surface area contributed by atoms with Gasteiger partial charge in [-0.25, -0.2) is 8.78 Å². The van der Waals surface area contributed by atoms with E-state index < -0.39 is 29.3 Å². The summed E-state index contributed by atoms with van der Waals surface area (Å²) >= 11 is 5.93. The topological polar surface area (TPSA) is 98.1 Å². The third kappa shape index (κ3) is 9.55. The molecular formula is C38H33ClF5N5O3. The molecule has 5 rings (SSSR count). The van der Waals surface area contributed by atoms with Gasteiger partial charge in [-0.05, 0) is 68.3 Å². The lowest BCUT2D eigenvalue weighted by molar-refractivity contribution is -0.137. The van der Waals surface area contributed by atoms with Crippen molar-refractivity contribution in [3.63, 3.8) is 0 Å². The third-order valence-electron chi connectivity index (χ3n) is 7.60. The quantitative estimate of drug-likeness (QED) is 0.0925. The van der Waals surface area contributed by atoms with Crippen molar-refractivity contribution in [3.8, 4) is 22.3 Å². The van der Waals surface area contributed by atoms with E-state index in [2.05, 4.69) is 25.8 Å². The first-order valence-electron chi connectivity index (χ1n) is 15.6. The standard InChI is InChI=1S/C20H20F3N3O3.C18H13ClF2N2/c1-13(14-8-6-9-16(11-14)20(21,22)23)25-29-12-15-7-4-5-10-17(15)18(26-28-3)19(27)24-2;1-10-16(12-6-8-13(19)9-7-12)17(11(2)23-22-10)18-14(20)4-3-5-15(18)21/h4-11H,12H2,1-3H3,(H,24,27);3-9H,1-2H3/b25-13+,26-18+;. The van der Waals surface area contributed by atoms with Gasteiger partial charge in [0.1, 0.15) is 25.4 Å². The number of benzene rings is 4. The monoisotopic (exact) mass is 737 g/mol. The number of likely N-dealkylation sites (N-methyl/N-ethyl adjacent to an activating group) is 1. The second-order valence-electron chi connectivity index (χ2n) is 11.1. The van der Waals surface area contributed by atoms with Crippen LogP contribution in [0.15, 0.2) is 101 Å². The molecule has 1 N–H and O–H groups in total. The van der Waals surface area contributed by atoms with Crippen molar-refractivity contribution in [2.75, 3.05) is 14.2 Å². The first-order valence-corrected chi connectivity index (χ1v) is 15.9. The number of nitrogens with one attached hydrogen (secondary N) is 1. The number of nitrogens with zero attached hydrogens (tertiary/aromatic N) is 4. The molecule has 0 aliphatic rings. The molecule has 1 heterocycles. The van der Waals surface area contributed by atoms with Crippen LogP contribution in [-0.4, -0.2) is 41.7 Å². The Kier molecular flexibility index (Phi) is 13.2. The fourth-order valence-electron chi connectivity index (χ4n) is 5.10. The average molecular weight is 738 g/mol. The fourth-order valence-corrected chi connectivity index (χ4v) is 5.22. The van der Waals surface area contributed by atoms with E-state index in [1.165, 1.54) is 44.5 Å². The van der Waals surface area contributed by atoms with Crippen LogP contribution in [0.3, 0.4) is 0 Å². The van der Waals surface area contributed by atoms with Gasteiger partial charge in [0.15, 0.2) is 5.71 Å². The van der Waals surface area contributed by atoms with Gasteiger partial charge in [0.2, 0.25) is 0 Å². The predicted octanol–water partition coefficient (Wildman–Crippen LogP) is 9.10. The van der Waals surface area contributed by atoms with E-state index in [1.54, 1.807) is 69.3 Å². The van der Waals surface area contributed by atoms with Gasteiger partial charge in [-0.15, -0.1) is 0 Å². The summed E-state index contributed by atoms with van der Waals surface area (Å²) < 4.78 is 67.2. The first-order chi connectivity index (χ1) is 24.8. The van der Waals surface area contributed by atoms with Crippen molar-refractivity contribution in [1.29, 1.82) is 0 Å². The zero-order chi connectivity index (χ0) is 38.0. The van der Waals surface area contributed by atoms with Gasteiger partial charge in [0, 0.05) is 34.3 Å². The van der Waals surface area contributed by atoms with E-state index in [9.17, 15) is 26.7 Å². The highest BCUT2D eigenvalue weighted by atomic mass is 35.5. The van der Waals surface area contributed by atoms with Crippen LogP contribution in [0.1, 0.15) is 40.6 Å². The van der Waals surface area contributed by atoms with Crippen LogP contribution in [0.5, 0.6) is 0 Å². The highest BCUT2D eigenvalue weighted by Gasteiger charge is 2.30. The van der Waals surface area contributed by atoms with E-state index in [1.807, 2.05) is 0 Å². The van der Waals surface area contributed by atoms with Gasteiger partial charge in [-0.2, -0.15) is 23.4 Å². The maximum atomic E-state index is 14.3. The SMILES string of the molecule is CNC(=O)/C(=N/OC)c1ccccc1CO/N=C(\C)c1cccc(C(F)(F)F)c1.Cc1nnc(C)c(-c2c(F)cccc2F)c1-c1ccc(Cl)cc1. The Morgan fingerprint density at radius 1 is 0.827 bits per heavy atom. The van der Waals surface area contributed by atoms with Gasteiger partial charge < -0.3 is 15.0 Å². The average Bonchev–Trinajstić information content (AvgIpc) is 3.12. The Bertz CT molecular complexity index is 2080. The van der Waals surface area contributed by atoms with E-state index >= 15 is 0 Å². The number of hydrogen-bond acceptors (Lipinski definition) is 7. The van der Waals surface area contributed by atoms with Crippen LogP contribution in [-0.2, 0) is 27.3 Å². The van der Waals surface area contributed by atoms with Gasteiger partial charge in [-0.3, -0.25) is 4.79 Å². The molecule has 8 nitrogen and oxygen atoms in total. The lowest BCUT2D eigenvalue weighted by Gasteiger charge is -2.15. The van der Waals surface area contributed by atoms with E-state index in [0.717, 1.165) is 17.7 Å². The Balaban J connectivity index is 0.000000238. The fraction of sp³-hybridized carbons (Fsp3) is 0.184.